The lowest BCUT2D eigenvalue weighted by molar-refractivity contribution is -0.126. The first-order valence-electron chi connectivity index (χ1n) is 12.1. The lowest BCUT2D eigenvalue weighted by Crippen LogP contribution is -2.34. The van der Waals surface area contributed by atoms with Gasteiger partial charge in [0, 0.05) is 30.6 Å². The Bertz CT molecular complexity index is 857. The smallest absolute Gasteiger partial charge is 0.251 e. The van der Waals surface area contributed by atoms with Crippen molar-refractivity contribution in [2.24, 2.45) is 5.92 Å². The van der Waals surface area contributed by atoms with Crippen LogP contribution in [0.4, 0.5) is 0 Å². The summed E-state index contributed by atoms with van der Waals surface area (Å²) in [6, 6.07) is 7.47. The first-order valence-corrected chi connectivity index (χ1v) is 14.6. The van der Waals surface area contributed by atoms with Gasteiger partial charge in [-0.1, -0.05) is 67.2 Å². The molecule has 1 aromatic carbocycles. The van der Waals surface area contributed by atoms with E-state index in [1.54, 1.807) is 29.0 Å². The highest BCUT2D eigenvalue weighted by atomic mass is 33.1. The molecule has 3 N–H and O–H groups in total. The molecule has 0 heterocycles. The molecule has 0 aliphatic rings. The van der Waals surface area contributed by atoms with E-state index in [-0.39, 0.29) is 37.6 Å². The van der Waals surface area contributed by atoms with Crippen molar-refractivity contribution in [2.45, 2.75) is 45.6 Å². The number of hydrogen-bond acceptors (Lipinski definition) is 8. The van der Waals surface area contributed by atoms with Gasteiger partial charge < -0.3 is 30.2 Å². The van der Waals surface area contributed by atoms with Gasteiger partial charge in [-0.2, -0.15) is 0 Å². The fourth-order valence-electron chi connectivity index (χ4n) is 2.78. The van der Waals surface area contributed by atoms with Gasteiger partial charge in [0.25, 0.3) is 5.91 Å². The Hall–Kier alpha value is -1.90. The number of rotatable bonds is 17. The Balaban J connectivity index is 2.44. The van der Waals surface area contributed by atoms with Gasteiger partial charge >= 0.3 is 0 Å². The SMILES string of the molecule is CSS[C@](C)(COc1cccc(C(=O)NCCNC(C)C)c1)OCCOCC(=O)NCC#CC(C)C. The van der Waals surface area contributed by atoms with Gasteiger partial charge in [-0.3, -0.25) is 9.59 Å². The van der Waals surface area contributed by atoms with E-state index in [0.717, 1.165) is 0 Å². The van der Waals surface area contributed by atoms with Crippen molar-refractivity contribution in [1.82, 2.24) is 16.0 Å². The summed E-state index contributed by atoms with van der Waals surface area (Å²) in [5.41, 5.74) is 0.541. The van der Waals surface area contributed by atoms with Crippen molar-refractivity contribution in [3.05, 3.63) is 29.8 Å². The van der Waals surface area contributed by atoms with Crippen LogP contribution >= 0.6 is 21.6 Å². The lowest BCUT2D eigenvalue weighted by Gasteiger charge is -2.28. The van der Waals surface area contributed by atoms with Gasteiger partial charge in [0.1, 0.15) is 19.0 Å². The number of hydrogen-bond donors (Lipinski definition) is 3. The lowest BCUT2D eigenvalue weighted by atomic mass is 10.2. The summed E-state index contributed by atoms with van der Waals surface area (Å²) < 4.78 is 17.4. The first-order chi connectivity index (χ1) is 17.1. The summed E-state index contributed by atoms with van der Waals surface area (Å²) in [4.78, 5) is 23.6. The van der Waals surface area contributed by atoms with Crippen molar-refractivity contribution < 1.29 is 23.8 Å². The maximum Gasteiger partial charge on any atom is 0.251 e. The molecule has 0 aliphatic carbocycles. The molecule has 0 bridgehead atoms. The summed E-state index contributed by atoms with van der Waals surface area (Å²) >= 11 is 0. The highest BCUT2D eigenvalue weighted by molar-refractivity contribution is 8.76. The molecule has 0 fully saturated rings. The molecule has 0 aliphatic heterocycles. The number of carbonyl (C=O) groups is 2. The minimum absolute atomic E-state index is 0.0437. The van der Waals surface area contributed by atoms with Crippen molar-refractivity contribution >= 4 is 33.4 Å². The van der Waals surface area contributed by atoms with Gasteiger partial charge in [-0.15, -0.1) is 0 Å². The fraction of sp³-hybridized carbons (Fsp3) is 0.615. The number of amides is 2. The molecule has 202 valence electrons. The van der Waals surface area contributed by atoms with E-state index < -0.39 is 4.93 Å². The Morgan fingerprint density at radius 2 is 1.89 bits per heavy atom. The Morgan fingerprint density at radius 1 is 1.11 bits per heavy atom. The highest BCUT2D eigenvalue weighted by Gasteiger charge is 2.27. The minimum atomic E-state index is -0.641. The molecule has 1 aromatic rings. The third-order valence-corrected chi connectivity index (χ3v) is 6.77. The number of benzene rings is 1. The van der Waals surface area contributed by atoms with Gasteiger partial charge in [-0.05, 0) is 31.4 Å². The van der Waals surface area contributed by atoms with Gasteiger partial charge in [0.15, 0.2) is 4.93 Å². The van der Waals surface area contributed by atoms with Crippen LogP contribution in [0.15, 0.2) is 24.3 Å². The van der Waals surface area contributed by atoms with Crippen molar-refractivity contribution in [3.63, 3.8) is 0 Å². The average Bonchev–Trinajstić information content (AvgIpc) is 2.83. The van der Waals surface area contributed by atoms with E-state index in [2.05, 4.69) is 41.6 Å². The molecule has 0 aromatic heterocycles. The first kappa shape index (κ1) is 32.1. The molecular weight excluding hydrogens is 498 g/mol. The number of ether oxygens (including phenoxy) is 3. The van der Waals surface area contributed by atoms with E-state index in [9.17, 15) is 9.59 Å². The van der Waals surface area contributed by atoms with Crippen molar-refractivity contribution in [2.75, 3.05) is 52.3 Å². The van der Waals surface area contributed by atoms with Crippen LogP contribution in [0.25, 0.3) is 0 Å². The van der Waals surface area contributed by atoms with E-state index >= 15 is 0 Å². The molecule has 1 atom stereocenters. The highest BCUT2D eigenvalue weighted by Crippen LogP contribution is 2.35. The van der Waals surface area contributed by atoms with Crippen molar-refractivity contribution in [1.29, 1.82) is 0 Å². The maximum atomic E-state index is 12.4. The summed E-state index contributed by atoms with van der Waals surface area (Å²) in [5, 5.41) is 8.86. The molecule has 0 saturated carbocycles. The van der Waals surface area contributed by atoms with Crippen LogP contribution < -0.4 is 20.7 Å². The fourth-order valence-corrected chi connectivity index (χ4v) is 4.71. The zero-order valence-electron chi connectivity index (χ0n) is 22.3. The second-order valence-electron chi connectivity index (χ2n) is 8.72. The monoisotopic (exact) mass is 539 g/mol. The number of nitrogens with one attached hydrogen (secondary N) is 3. The van der Waals surface area contributed by atoms with Crippen LogP contribution in [0.3, 0.4) is 0 Å². The van der Waals surface area contributed by atoms with E-state index in [4.69, 9.17) is 14.2 Å². The van der Waals surface area contributed by atoms with Crippen LogP contribution in [-0.2, 0) is 14.3 Å². The summed E-state index contributed by atoms with van der Waals surface area (Å²) in [5.74, 6) is 6.40. The van der Waals surface area contributed by atoms with Gasteiger partial charge in [0.05, 0.1) is 19.8 Å². The molecule has 1 rings (SSSR count). The molecule has 0 spiro atoms. The topological polar surface area (TPSA) is 97.9 Å². The van der Waals surface area contributed by atoms with Gasteiger partial charge in [0.2, 0.25) is 5.91 Å². The largest absolute Gasteiger partial charge is 0.490 e. The second-order valence-corrected chi connectivity index (χ2v) is 11.6. The van der Waals surface area contributed by atoms with Crippen LogP contribution in [0.2, 0.25) is 0 Å². The average molecular weight is 540 g/mol. The molecule has 0 saturated heterocycles. The van der Waals surface area contributed by atoms with Crippen LogP contribution in [0.1, 0.15) is 45.0 Å². The second kappa shape index (κ2) is 18.4. The Labute approximate surface area is 224 Å². The summed E-state index contributed by atoms with van der Waals surface area (Å²) in [6.07, 6.45) is 1.97. The maximum absolute atomic E-state index is 12.4. The Kier molecular flexibility index (Phi) is 16.4. The quantitative estimate of drug-likeness (QED) is 0.120. The number of carbonyl (C=O) groups excluding carboxylic acids is 2. The summed E-state index contributed by atoms with van der Waals surface area (Å²) in [6.45, 7) is 12.4. The molecule has 8 nitrogen and oxygen atoms in total. The third kappa shape index (κ3) is 15.3. The normalized spacial score (nSPS) is 12.6. The summed E-state index contributed by atoms with van der Waals surface area (Å²) in [7, 11) is 3.11. The van der Waals surface area contributed by atoms with Crippen LogP contribution in [-0.4, -0.2) is 75.1 Å². The van der Waals surface area contributed by atoms with E-state index in [1.165, 1.54) is 10.8 Å². The predicted octanol–water partition coefficient (Wildman–Crippen LogP) is 3.33. The predicted molar refractivity (Wildman–Crippen MR) is 149 cm³/mol. The molecular formula is C26H41N3O5S2. The van der Waals surface area contributed by atoms with E-state index in [1.807, 2.05) is 33.1 Å². The zero-order valence-corrected chi connectivity index (χ0v) is 23.9. The minimum Gasteiger partial charge on any atom is -0.490 e. The van der Waals surface area contributed by atoms with Gasteiger partial charge in [-0.25, -0.2) is 0 Å². The Morgan fingerprint density at radius 3 is 2.58 bits per heavy atom. The third-order valence-electron chi connectivity index (χ3n) is 4.45. The van der Waals surface area contributed by atoms with Crippen LogP contribution in [0.5, 0.6) is 5.75 Å². The van der Waals surface area contributed by atoms with Crippen LogP contribution in [0, 0.1) is 17.8 Å². The molecule has 0 radical (unpaired) electrons. The molecule has 0 unspecified atom stereocenters. The molecule has 2 amide bonds. The van der Waals surface area contributed by atoms with E-state index in [0.29, 0.717) is 43.6 Å². The molecule has 36 heavy (non-hydrogen) atoms. The van der Waals surface area contributed by atoms with Crippen molar-refractivity contribution in [3.8, 4) is 17.6 Å². The standard InChI is InChI=1S/C26H41N3O5S2/c1-20(2)9-8-12-28-24(30)18-32-15-16-34-26(5,36-35-6)19-33-23-11-7-10-22(17-23)25(31)29-14-13-27-21(3)4/h7,10-11,17,20-21,27H,12-16,18-19H2,1-6H3,(H,28,30)(H,29,31)/t26-/m1/s1. The zero-order chi connectivity index (χ0) is 26.8. The molecule has 10 heteroatoms.